The van der Waals surface area contributed by atoms with Gasteiger partial charge in [0.05, 0.1) is 29.0 Å². The maximum absolute atomic E-state index is 13.1. The van der Waals surface area contributed by atoms with E-state index in [0.717, 1.165) is 27.3 Å². The van der Waals surface area contributed by atoms with E-state index in [9.17, 15) is 18.0 Å². The molecule has 4 aromatic heterocycles. The van der Waals surface area contributed by atoms with Gasteiger partial charge in [0, 0.05) is 37.4 Å². The Morgan fingerprint density at radius 3 is 2.66 bits per heavy atom. The second kappa shape index (κ2) is 6.72. The molecule has 1 N–H and O–H groups in total. The van der Waals surface area contributed by atoms with Crippen molar-refractivity contribution >= 4 is 33.1 Å². The Balaban J connectivity index is 1.53. The fourth-order valence-corrected chi connectivity index (χ4v) is 4.02. The number of aryl methyl sites for hydroxylation is 3. The zero-order chi connectivity index (χ0) is 20.9. The summed E-state index contributed by atoms with van der Waals surface area (Å²) < 4.78 is 43.8. The monoisotopic (exact) mass is 423 g/mol. The van der Waals surface area contributed by atoms with Crippen molar-refractivity contribution in [1.82, 2.24) is 29.3 Å². The van der Waals surface area contributed by atoms with Gasteiger partial charge < -0.3 is 5.32 Å². The number of nitrogens with one attached hydrogen (secondary N) is 1. The van der Waals surface area contributed by atoms with Crippen LogP contribution in [0.3, 0.4) is 0 Å². The fourth-order valence-electron chi connectivity index (χ4n) is 3.05. The number of aromatic nitrogens is 6. The third-order valence-corrected chi connectivity index (χ3v) is 5.54. The van der Waals surface area contributed by atoms with Crippen LogP contribution in [0.1, 0.15) is 26.6 Å². The van der Waals surface area contributed by atoms with Crippen LogP contribution in [-0.2, 0) is 26.8 Å². The first-order valence-electron chi connectivity index (χ1n) is 8.48. The molecule has 0 aromatic carbocycles. The molecule has 0 fully saturated rings. The Morgan fingerprint density at radius 1 is 1.24 bits per heavy atom. The van der Waals surface area contributed by atoms with Gasteiger partial charge in [0.2, 0.25) is 0 Å². The molecule has 0 saturated heterocycles. The molecule has 0 radical (unpaired) electrons. The zero-order valence-corrected chi connectivity index (χ0v) is 16.5. The molecule has 29 heavy (non-hydrogen) atoms. The van der Waals surface area contributed by atoms with Crippen molar-refractivity contribution < 1.29 is 18.0 Å². The number of hydrogen-bond donors (Lipinski definition) is 1. The van der Waals surface area contributed by atoms with Crippen molar-refractivity contribution in [2.75, 3.05) is 5.32 Å². The molecule has 0 atom stereocenters. The highest BCUT2D eigenvalue weighted by Crippen LogP contribution is 2.37. The van der Waals surface area contributed by atoms with Crippen LogP contribution in [0.5, 0.6) is 0 Å². The van der Waals surface area contributed by atoms with E-state index in [1.54, 1.807) is 15.6 Å². The van der Waals surface area contributed by atoms with Gasteiger partial charge in [0.15, 0.2) is 5.69 Å². The first-order valence-corrected chi connectivity index (χ1v) is 9.30. The predicted molar refractivity (Wildman–Crippen MR) is 101 cm³/mol. The Hall–Kier alpha value is -3.15. The van der Waals surface area contributed by atoms with Crippen LogP contribution in [0.2, 0.25) is 0 Å². The first-order chi connectivity index (χ1) is 13.6. The third-order valence-electron chi connectivity index (χ3n) is 4.34. The van der Waals surface area contributed by atoms with Crippen molar-refractivity contribution in [3.05, 3.63) is 46.5 Å². The van der Waals surface area contributed by atoms with Crippen molar-refractivity contribution in [3.8, 4) is 0 Å². The van der Waals surface area contributed by atoms with Gasteiger partial charge in [0.1, 0.15) is 4.83 Å². The standard InChI is InChI=1S/C17H16F3N7OS/c1-9-10(6-25(2)23-9)7-27-8-11(5-21-27)22-15(28)13-4-12-14(17(18,19)20)24-26(3)16(12)29-13/h4-6,8H,7H2,1-3H3,(H,22,28). The highest BCUT2D eigenvalue weighted by molar-refractivity contribution is 7.20. The molecule has 4 rings (SSSR count). The molecular formula is C17H16F3N7OS. The van der Waals surface area contributed by atoms with Gasteiger partial charge in [-0.05, 0) is 13.0 Å². The van der Waals surface area contributed by atoms with Gasteiger partial charge in [0.25, 0.3) is 5.91 Å². The number of carbonyl (C=O) groups excluding carboxylic acids is 1. The second-order valence-electron chi connectivity index (χ2n) is 6.59. The minimum atomic E-state index is -4.58. The van der Waals surface area contributed by atoms with Gasteiger partial charge in [-0.15, -0.1) is 11.3 Å². The van der Waals surface area contributed by atoms with E-state index >= 15 is 0 Å². The number of anilines is 1. The van der Waals surface area contributed by atoms with Crippen LogP contribution in [0.15, 0.2) is 24.7 Å². The summed E-state index contributed by atoms with van der Waals surface area (Å²) in [7, 11) is 3.25. The molecule has 0 saturated carbocycles. The first kappa shape index (κ1) is 19.2. The number of fused-ring (bicyclic) bond motifs is 1. The van der Waals surface area contributed by atoms with Gasteiger partial charge in [-0.25, -0.2) is 0 Å². The highest BCUT2D eigenvalue weighted by Gasteiger charge is 2.37. The SMILES string of the molecule is Cc1nn(C)cc1Cn1cc(NC(=O)c2cc3c(C(F)(F)F)nn(C)c3s2)cn1. The maximum Gasteiger partial charge on any atom is 0.435 e. The normalized spacial score (nSPS) is 12.1. The van der Waals surface area contributed by atoms with Crippen LogP contribution in [0.4, 0.5) is 18.9 Å². The number of hydrogen-bond acceptors (Lipinski definition) is 5. The van der Waals surface area contributed by atoms with Crippen LogP contribution in [0.25, 0.3) is 10.2 Å². The minimum absolute atomic E-state index is 0.0853. The summed E-state index contributed by atoms with van der Waals surface area (Å²) in [5, 5.41) is 14.6. The van der Waals surface area contributed by atoms with Gasteiger partial charge in [-0.2, -0.15) is 28.5 Å². The number of nitrogens with zero attached hydrogens (tertiary/aromatic N) is 6. The molecule has 4 heterocycles. The van der Waals surface area contributed by atoms with Crippen molar-refractivity contribution in [3.63, 3.8) is 0 Å². The van der Waals surface area contributed by atoms with E-state index < -0.39 is 17.8 Å². The summed E-state index contributed by atoms with van der Waals surface area (Å²) in [5.41, 5.74) is 1.33. The molecule has 4 aromatic rings. The van der Waals surface area contributed by atoms with E-state index in [-0.39, 0.29) is 15.1 Å². The molecule has 152 valence electrons. The number of thiophene rings is 1. The predicted octanol–water partition coefficient (Wildman–Crippen LogP) is 3.19. The van der Waals surface area contributed by atoms with Crippen molar-refractivity contribution in [2.24, 2.45) is 14.1 Å². The lowest BCUT2D eigenvalue weighted by atomic mass is 10.2. The third kappa shape index (κ3) is 3.62. The lowest BCUT2D eigenvalue weighted by Gasteiger charge is -2.02. The summed E-state index contributed by atoms with van der Waals surface area (Å²) in [6.07, 6.45) is 0.443. The Kier molecular flexibility index (Phi) is 4.45. The van der Waals surface area contributed by atoms with E-state index in [4.69, 9.17) is 0 Å². The second-order valence-corrected chi connectivity index (χ2v) is 7.62. The average Bonchev–Trinajstić information content (AvgIpc) is 3.35. The van der Waals surface area contributed by atoms with Crippen LogP contribution < -0.4 is 5.32 Å². The maximum atomic E-state index is 13.1. The molecule has 0 spiro atoms. The molecule has 8 nitrogen and oxygen atoms in total. The molecule has 0 bridgehead atoms. The summed E-state index contributed by atoms with van der Waals surface area (Å²) in [6.45, 7) is 2.38. The quantitative estimate of drug-likeness (QED) is 0.547. The molecule has 0 aliphatic rings. The van der Waals surface area contributed by atoms with Crippen molar-refractivity contribution in [2.45, 2.75) is 19.6 Å². The summed E-state index contributed by atoms with van der Waals surface area (Å²) in [4.78, 5) is 13.0. The zero-order valence-electron chi connectivity index (χ0n) is 15.7. The number of alkyl halides is 3. The number of carbonyl (C=O) groups is 1. The topological polar surface area (TPSA) is 82.6 Å². The largest absolute Gasteiger partial charge is 0.435 e. The molecule has 0 aliphatic carbocycles. The van der Waals surface area contributed by atoms with E-state index in [2.05, 4.69) is 20.6 Å². The average molecular weight is 423 g/mol. The van der Waals surface area contributed by atoms with Crippen LogP contribution in [0, 0.1) is 6.92 Å². The highest BCUT2D eigenvalue weighted by atomic mass is 32.1. The van der Waals surface area contributed by atoms with Gasteiger partial charge >= 0.3 is 6.18 Å². The number of amides is 1. The van der Waals surface area contributed by atoms with E-state index in [1.165, 1.54) is 19.3 Å². The molecule has 0 unspecified atom stereocenters. The Labute approximate surface area is 166 Å². The molecule has 12 heteroatoms. The smallest absolute Gasteiger partial charge is 0.319 e. The molecule has 0 aliphatic heterocycles. The summed E-state index contributed by atoms with van der Waals surface area (Å²) in [6, 6.07) is 1.22. The van der Waals surface area contributed by atoms with Crippen LogP contribution in [-0.4, -0.2) is 35.2 Å². The Morgan fingerprint density at radius 2 is 2.00 bits per heavy atom. The van der Waals surface area contributed by atoms with E-state index in [1.807, 2.05) is 20.2 Å². The molecular weight excluding hydrogens is 407 g/mol. The fraction of sp³-hybridized carbons (Fsp3) is 0.294. The Bertz CT molecular complexity index is 1210. The minimum Gasteiger partial charge on any atom is -0.319 e. The van der Waals surface area contributed by atoms with Gasteiger partial charge in [-0.3, -0.25) is 18.8 Å². The number of rotatable bonds is 4. The lowest BCUT2D eigenvalue weighted by Crippen LogP contribution is -2.10. The number of halogens is 3. The summed E-state index contributed by atoms with van der Waals surface area (Å²) in [5.74, 6) is -0.503. The lowest BCUT2D eigenvalue weighted by molar-refractivity contribution is -0.140. The van der Waals surface area contributed by atoms with Gasteiger partial charge in [-0.1, -0.05) is 0 Å². The van der Waals surface area contributed by atoms with E-state index in [0.29, 0.717) is 12.2 Å². The summed E-state index contributed by atoms with van der Waals surface area (Å²) >= 11 is 0.953. The van der Waals surface area contributed by atoms with Crippen molar-refractivity contribution in [1.29, 1.82) is 0 Å². The molecule has 1 amide bonds. The van der Waals surface area contributed by atoms with Crippen LogP contribution >= 0.6 is 11.3 Å².